The summed E-state index contributed by atoms with van der Waals surface area (Å²) < 4.78 is 20.4. The lowest BCUT2D eigenvalue weighted by atomic mass is 10.1. The number of fused-ring (bicyclic) bond motifs is 1. The molecule has 3 rings (SSSR count). The Kier molecular flexibility index (Phi) is 4.49. The Balaban J connectivity index is 1.87. The molecule has 1 aromatic carbocycles. The number of benzene rings is 1. The Bertz CT molecular complexity index is 857. The molecule has 1 aliphatic rings. The standard InChI is InChI=1S/C18H22FN3O3/c1-18(2,3)25-17(24)21-8-4-5-13(10-21)22-11-20-15-7-6-12(19)9-14(15)16(22)23/h6-7,9,11,13H,4-5,8,10H2,1-3H3. The second-order valence-electron chi connectivity index (χ2n) is 7.34. The van der Waals surface area contributed by atoms with E-state index in [9.17, 15) is 14.0 Å². The highest BCUT2D eigenvalue weighted by Crippen LogP contribution is 2.22. The summed E-state index contributed by atoms with van der Waals surface area (Å²) in [6.45, 7) is 6.42. The number of rotatable bonds is 1. The average Bonchev–Trinajstić information content (AvgIpc) is 2.54. The van der Waals surface area contributed by atoms with Gasteiger partial charge in [-0.2, -0.15) is 0 Å². The van der Waals surface area contributed by atoms with Gasteiger partial charge in [0.25, 0.3) is 5.56 Å². The summed E-state index contributed by atoms with van der Waals surface area (Å²) >= 11 is 0. The highest BCUT2D eigenvalue weighted by molar-refractivity contribution is 5.77. The normalized spacial score (nSPS) is 18.4. The Labute approximate surface area is 145 Å². The second-order valence-corrected chi connectivity index (χ2v) is 7.34. The van der Waals surface area contributed by atoms with E-state index in [0.29, 0.717) is 18.6 Å². The summed E-state index contributed by atoms with van der Waals surface area (Å²) in [6, 6.07) is 3.78. The van der Waals surface area contributed by atoms with Gasteiger partial charge in [-0.3, -0.25) is 9.36 Å². The van der Waals surface area contributed by atoms with Crippen molar-refractivity contribution in [2.45, 2.75) is 45.3 Å². The van der Waals surface area contributed by atoms with Crippen molar-refractivity contribution < 1.29 is 13.9 Å². The first kappa shape index (κ1) is 17.4. The molecule has 0 bridgehead atoms. The molecule has 25 heavy (non-hydrogen) atoms. The Morgan fingerprint density at radius 2 is 2.12 bits per heavy atom. The van der Waals surface area contributed by atoms with Gasteiger partial charge in [-0.15, -0.1) is 0 Å². The van der Waals surface area contributed by atoms with E-state index in [4.69, 9.17) is 4.74 Å². The van der Waals surface area contributed by atoms with Crippen LogP contribution in [0.15, 0.2) is 29.3 Å². The van der Waals surface area contributed by atoms with Crippen LogP contribution in [0.25, 0.3) is 10.9 Å². The minimum absolute atomic E-state index is 0.200. The summed E-state index contributed by atoms with van der Waals surface area (Å²) in [5.74, 6) is -0.469. The second kappa shape index (κ2) is 6.46. The van der Waals surface area contributed by atoms with Crippen molar-refractivity contribution in [3.63, 3.8) is 0 Å². The lowest BCUT2D eigenvalue weighted by molar-refractivity contribution is 0.0171. The van der Waals surface area contributed by atoms with Crippen molar-refractivity contribution in [1.82, 2.24) is 14.5 Å². The third-order valence-electron chi connectivity index (χ3n) is 4.19. The summed E-state index contributed by atoms with van der Waals surface area (Å²) in [5.41, 5.74) is -0.397. The zero-order valence-corrected chi connectivity index (χ0v) is 14.7. The number of amides is 1. The number of likely N-dealkylation sites (tertiary alicyclic amines) is 1. The molecule has 0 N–H and O–H groups in total. The van der Waals surface area contributed by atoms with Crippen LogP contribution in [0.4, 0.5) is 9.18 Å². The van der Waals surface area contributed by atoms with Gasteiger partial charge >= 0.3 is 6.09 Å². The van der Waals surface area contributed by atoms with Crippen LogP contribution in [0.1, 0.15) is 39.7 Å². The predicted molar refractivity (Wildman–Crippen MR) is 92.0 cm³/mol. The van der Waals surface area contributed by atoms with Gasteiger partial charge in [0.15, 0.2) is 0 Å². The molecule has 6 nitrogen and oxygen atoms in total. The first-order chi connectivity index (χ1) is 11.7. The van der Waals surface area contributed by atoms with Gasteiger partial charge < -0.3 is 9.64 Å². The molecule has 7 heteroatoms. The van der Waals surface area contributed by atoms with Crippen molar-refractivity contribution in [3.05, 3.63) is 40.7 Å². The Morgan fingerprint density at radius 3 is 2.84 bits per heavy atom. The fourth-order valence-electron chi connectivity index (χ4n) is 3.04. The molecular formula is C18H22FN3O3. The highest BCUT2D eigenvalue weighted by Gasteiger charge is 2.29. The third-order valence-corrected chi connectivity index (χ3v) is 4.19. The molecular weight excluding hydrogens is 325 g/mol. The van der Waals surface area contributed by atoms with Crippen LogP contribution in [0.3, 0.4) is 0 Å². The van der Waals surface area contributed by atoms with E-state index in [1.54, 1.807) is 4.90 Å². The molecule has 1 amide bonds. The Morgan fingerprint density at radius 1 is 1.36 bits per heavy atom. The SMILES string of the molecule is CC(C)(C)OC(=O)N1CCCC(n2cnc3ccc(F)cc3c2=O)C1. The topological polar surface area (TPSA) is 64.4 Å². The number of hydrogen-bond donors (Lipinski definition) is 0. The van der Waals surface area contributed by atoms with E-state index < -0.39 is 11.4 Å². The highest BCUT2D eigenvalue weighted by atomic mass is 19.1. The fourth-order valence-corrected chi connectivity index (χ4v) is 3.04. The molecule has 1 saturated heterocycles. The van der Waals surface area contributed by atoms with Crippen LogP contribution in [-0.4, -0.2) is 39.2 Å². The van der Waals surface area contributed by atoms with Crippen molar-refractivity contribution in [2.24, 2.45) is 0 Å². The van der Waals surface area contributed by atoms with Crippen LogP contribution in [0, 0.1) is 5.82 Å². The number of carbonyl (C=O) groups excluding carboxylic acids is 1. The molecule has 1 aromatic heterocycles. The summed E-state index contributed by atoms with van der Waals surface area (Å²) in [5, 5.41) is 0.247. The van der Waals surface area contributed by atoms with Gasteiger partial charge in [0.1, 0.15) is 11.4 Å². The monoisotopic (exact) mass is 347 g/mol. The van der Waals surface area contributed by atoms with E-state index in [2.05, 4.69) is 4.98 Å². The third kappa shape index (κ3) is 3.81. The zero-order valence-electron chi connectivity index (χ0n) is 14.7. The van der Waals surface area contributed by atoms with Gasteiger partial charge in [0.05, 0.1) is 23.3 Å². The molecule has 1 fully saturated rings. The van der Waals surface area contributed by atoms with Gasteiger partial charge in [-0.25, -0.2) is 14.2 Å². The maximum atomic E-state index is 13.5. The maximum Gasteiger partial charge on any atom is 0.410 e. The van der Waals surface area contributed by atoms with Crippen molar-refractivity contribution in [3.8, 4) is 0 Å². The fraction of sp³-hybridized carbons (Fsp3) is 0.500. The molecule has 1 unspecified atom stereocenters. The van der Waals surface area contributed by atoms with Crippen LogP contribution in [-0.2, 0) is 4.74 Å². The van der Waals surface area contributed by atoms with Crippen molar-refractivity contribution in [2.75, 3.05) is 13.1 Å². The van der Waals surface area contributed by atoms with Crippen molar-refractivity contribution >= 4 is 17.0 Å². The molecule has 0 radical (unpaired) electrons. The molecule has 1 aliphatic heterocycles. The quantitative estimate of drug-likeness (QED) is 0.795. The van der Waals surface area contributed by atoms with Crippen LogP contribution >= 0.6 is 0 Å². The first-order valence-electron chi connectivity index (χ1n) is 8.39. The van der Waals surface area contributed by atoms with Gasteiger partial charge in [0.2, 0.25) is 0 Å². The molecule has 0 aliphatic carbocycles. The van der Waals surface area contributed by atoms with Crippen LogP contribution < -0.4 is 5.56 Å². The van der Waals surface area contributed by atoms with E-state index >= 15 is 0 Å². The molecule has 0 saturated carbocycles. The summed E-state index contributed by atoms with van der Waals surface area (Å²) in [6.07, 6.45) is 2.61. The molecule has 134 valence electrons. The molecule has 0 spiro atoms. The number of aromatic nitrogens is 2. The minimum Gasteiger partial charge on any atom is -0.444 e. The summed E-state index contributed by atoms with van der Waals surface area (Å²) in [4.78, 5) is 30.9. The van der Waals surface area contributed by atoms with Crippen molar-refractivity contribution in [1.29, 1.82) is 0 Å². The maximum absolute atomic E-state index is 13.5. The van der Waals surface area contributed by atoms with E-state index in [1.165, 1.54) is 29.1 Å². The minimum atomic E-state index is -0.567. The number of piperidine rings is 1. The van der Waals surface area contributed by atoms with Gasteiger partial charge in [0, 0.05) is 13.1 Å². The van der Waals surface area contributed by atoms with E-state index in [0.717, 1.165) is 12.8 Å². The number of carbonyl (C=O) groups is 1. The smallest absolute Gasteiger partial charge is 0.410 e. The summed E-state index contributed by atoms with van der Waals surface area (Å²) in [7, 11) is 0. The number of nitrogens with zero attached hydrogens (tertiary/aromatic N) is 3. The van der Waals surface area contributed by atoms with Crippen LogP contribution in [0.5, 0.6) is 0 Å². The molecule has 1 atom stereocenters. The Hall–Kier alpha value is -2.44. The lowest BCUT2D eigenvalue weighted by Gasteiger charge is -2.34. The number of halogens is 1. The van der Waals surface area contributed by atoms with Gasteiger partial charge in [-0.05, 0) is 51.8 Å². The molecule has 2 aromatic rings. The largest absolute Gasteiger partial charge is 0.444 e. The molecule has 2 heterocycles. The van der Waals surface area contributed by atoms with Gasteiger partial charge in [-0.1, -0.05) is 0 Å². The first-order valence-corrected chi connectivity index (χ1v) is 8.39. The predicted octanol–water partition coefficient (Wildman–Crippen LogP) is 3.11. The number of hydrogen-bond acceptors (Lipinski definition) is 4. The van der Waals surface area contributed by atoms with E-state index in [-0.39, 0.29) is 23.1 Å². The van der Waals surface area contributed by atoms with Crippen LogP contribution in [0.2, 0.25) is 0 Å². The lowest BCUT2D eigenvalue weighted by Crippen LogP contribution is -2.45. The zero-order chi connectivity index (χ0) is 18.2. The average molecular weight is 347 g/mol. The van der Waals surface area contributed by atoms with E-state index in [1.807, 2.05) is 20.8 Å². The number of ether oxygens (including phenoxy) is 1.